The molecule has 0 unspecified atom stereocenters. The first-order valence-electron chi connectivity index (χ1n) is 11.4. The minimum absolute atomic E-state index is 0.0798. The van der Waals surface area contributed by atoms with Crippen molar-refractivity contribution in [2.45, 2.75) is 59.2 Å². The molecule has 0 aliphatic carbocycles. The van der Waals surface area contributed by atoms with Crippen molar-refractivity contribution in [2.24, 2.45) is 0 Å². The molecule has 1 N–H and O–H groups in total. The predicted molar refractivity (Wildman–Crippen MR) is 132 cm³/mol. The van der Waals surface area contributed by atoms with Gasteiger partial charge in [-0.2, -0.15) is 0 Å². The second-order valence-corrected chi connectivity index (χ2v) is 10.4. The molecule has 0 bridgehead atoms. The second kappa shape index (κ2) is 12.0. The van der Waals surface area contributed by atoms with Gasteiger partial charge < -0.3 is 10.2 Å². The molecule has 0 saturated carbocycles. The summed E-state index contributed by atoms with van der Waals surface area (Å²) in [6.45, 7) is 7.04. The van der Waals surface area contributed by atoms with E-state index < -0.39 is 34.3 Å². The summed E-state index contributed by atoms with van der Waals surface area (Å²) >= 11 is 0. The van der Waals surface area contributed by atoms with Gasteiger partial charge in [0.2, 0.25) is 21.8 Å². The quantitative estimate of drug-likeness (QED) is 0.520. The number of nitrogens with zero attached hydrogens (tertiary/aromatic N) is 2. The van der Waals surface area contributed by atoms with Gasteiger partial charge in [0.25, 0.3) is 0 Å². The van der Waals surface area contributed by atoms with Gasteiger partial charge >= 0.3 is 0 Å². The van der Waals surface area contributed by atoms with Crippen molar-refractivity contribution in [1.82, 2.24) is 10.2 Å². The monoisotopic (exact) mass is 491 g/mol. The molecule has 9 heteroatoms. The van der Waals surface area contributed by atoms with E-state index in [9.17, 15) is 22.4 Å². The van der Waals surface area contributed by atoms with Crippen molar-refractivity contribution in [3.63, 3.8) is 0 Å². The zero-order valence-corrected chi connectivity index (χ0v) is 21.2. The summed E-state index contributed by atoms with van der Waals surface area (Å²) in [7, 11) is -3.98. The van der Waals surface area contributed by atoms with Crippen molar-refractivity contribution >= 4 is 27.5 Å². The largest absolute Gasteiger partial charge is 0.352 e. The standard InChI is InChI=1S/C25H34FN3O4S/c1-6-19(4)27-25(31)22(7-2)28(16-20-14-12-18(3)13-15-20)24(30)17-29(34(5,32)33)23-11-9-8-10-21(23)26/h8-15,19,22H,6-7,16-17H2,1-5H3,(H,27,31)/t19-,22-/m1/s1. The smallest absolute Gasteiger partial charge is 0.244 e. The number of anilines is 1. The third-order valence-electron chi connectivity index (χ3n) is 5.66. The highest BCUT2D eigenvalue weighted by molar-refractivity contribution is 7.92. The Hall–Kier alpha value is -2.94. The summed E-state index contributed by atoms with van der Waals surface area (Å²) in [5.74, 6) is -1.66. The minimum atomic E-state index is -3.98. The lowest BCUT2D eigenvalue weighted by molar-refractivity contribution is -0.140. The third kappa shape index (κ3) is 7.28. The highest BCUT2D eigenvalue weighted by atomic mass is 32.2. The highest BCUT2D eigenvalue weighted by Gasteiger charge is 2.32. The van der Waals surface area contributed by atoms with E-state index in [1.807, 2.05) is 45.0 Å². The lowest BCUT2D eigenvalue weighted by atomic mass is 10.1. The van der Waals surface area contributed by atoms with Crippen LogP contribution in [0.4, 0.5) is 10.1 Å². The zero-order valence-electron chi connectivity index (χ0n) is 20.4. The third-order valence-corrected chi connectivity index (χ3v) is 6.79. The fraction of sp³-hybridized carbons (Fsp3) is 0.440. The van der Waals surface area contributed by atoms with Crippen LogP contribution in [0.25, 0.3) is 0 Å². The van der Waals surface area contributed by atoms with Crippen LogP contribution in [0.1, 0.15) is 44.7 Å². The Labute approximate surface area is 202 Å². The number of nitrogens with one attached hydrogen (secondary N) is 1. The summed E-state index contributed by atoms with van der Waals surface area (Å²) < 4.78 is 40.2. The molecule has 2 amide bonds. The van der Waals surface area contributed by atoms with Gasteiger partial charge in [0.15, 0.2) is 0 Å². The Morgan fingerprint density at radius 2 is 1.65 bits per heavy atom. The maximum absolute atomic E-state index is 14.4. The molecule has 0 aromatic heterocycles. The lowest BCUT2D eigenvalue weighted by Gasteiger charge is -2.33. The summed E-state index contributed by atoms with van der Waals surface area (Å²) in [5, 5.41) is 2.91. The van der Waals surface area contributed by atoms with Crippen molar-refractivity contribution in [3.05, 3.63) is 65.5 Å². The SMILES string of the molecule is CC[C@@H](C)NC(=O)[C@@H](CC)N(Cc1ccc(C)cc1)C(=O)CN(c1ccccc1F)S(C)(=O)=O. The van der Waals surface area contributed by atoms with Gasteiger partial charge in [0.1, 0.15) is 18.4 Å². The van der Waals surface area contributed by atoms with Crippen LogP contribution in [0.3, 0.4) is 0 Å². The van der Waals surface area contributed by atoms with E-state index in [0.29, 0.717) is 6.42 Å². The summed E-state index contributed by atoms with van der Waals surface area (Å²) in [6.07, 6.45) is 1.98. The van der Waals surface area contributed by atoms with Crippen LogP contribution in [0.15, 0.2) is 48.5 Å². The number of aryl methyl sites for hydroxylation is 1. The Morgan fingerprint density at radius 1 is 1.03 bits per heavy atom. The van der Waals surface area contributed by atoms with Gasteiger partial charge in [0, 0.05) is 12.6 Å². The van der Waals surface area contributed by atoms with Crippen LogP contribution in [-0.4, -0.2) is 50.0 Å². The van der Waals surface area contributed by atoms with Crippen molar-refractivity contribution in [1.29, 1.82) is 0 Å². The van der Waals surface area contributed by atoms with Gasteiger partial charge in [-0.05, 0) is 44.4 Å². The number of halogens is 1. The van der Waals surface area contributed by atoms with Crippen LogP contribution >= 0.6 is 0 Å². The van der Waals surface area contributed by atoms with Crippen molar-refractivity contribution in [2.75, 3.05) is 17.1 Å². The Morgan fingerprint density at radius 3 is 2.18 bits per heavy atom. The first kappa shape index (κ1) is 27.3. The molecule has 34 heavy (non-hydrogen) atoms. The van der Waals surface area contributed by atoms with Gasteiger partial charge in [0.05, 0.1) is 11.9 Å². The molecule has 2 atom stereocenters. The first-order valence-corrected chi connectivity index (χ1v) is 13.2. The average molecular weight is 492 g/mol. The summed E-state index contributed by atoms with van der Waals surface area (Å²) in [6, 6.07) is 12.0. The number of carbonyl (C=O) groups is 2. The van der Waals surface area contributed by atoms with Crippen LogP contribution in [0.5, 0.6) is 0 Å². The van der Waals surface area contributed by atoms with Gasteiger partial charge in [-0.25, -0.2) is 12.8 Å². The molecule has 0 aliphatic rings. The number of rotatable bonds is 11. The molecule has 186 valence electrons. The second-order valence-electron chi connectivity index (χ2n) is 8.47. The van der Waals surface area contributed by atoms with E-state index in [2.05, 4.69) is 5.32 Å². The zero-order chi connectivity index (χ0) is 25.5. The molecule has 2 aromatic rings. The summed E-state index contributed by atoms with van der Waals surface area (Å²) in [5.41, 5.74) is 1.63. The number of carbonyl (C=O) groups excluding carboxylic acids is 2. The van der Waals surface area contributed by atoms with E-state index in [-0.39, 0.29) is 24.2 Å². The number of sulfonamides is 1. The molecule has 2 aromatic carbocycles. The number of hydrogen-bond acceptors (Lipinski definition) is 4. The molecule has 0 saturated heterocycles. The first-order chi connectivity index (χ1) is 16.0. The summed E-state index contributed by atoms with van der Waals surface area (Å²) in [4.78, 5) is 28.0. The molecule has 2 rings (SSSR count). The molecular formula is C25H34FN3O4S. The van der Waals surface area contributed by atoms with E-state index in [1.54, 1.807) is 6.92 Å². The van der Waals surface area contributed by atoms with Crippen LogP contribution in [0, 0.1) is 12.7 Å². The van der Waals surface area contributed by atoms with E-state index in [4.69, 9.17) is 0 Å². The topological polar surface area (TPSA) is 86.8 Å². The molecule has 0 spiro atoms. The molecule has 0 heterocycles. The van der Waals surface area contributed by atoms with Gasteiger partial charge in [-0.15, -0.1) is 0 Å². The number of benzene rings is 2. The maximum Gasteiger partial charge on any atom is 0.244 e. The van der Waals surface area contributed by atoms with Gasteiger partial charge in [-0.1, -0.05) is 55.8 Å². The normalized spacial score (nSPS) is 13.1. The highest BCUT2D eigenvalue weighted by Crippen LogP contribution is 2.22. The molecule has 7 nitrogen and oxygen atoms in total. The van der Waals surface area contributed by atoms with Gasteiger partial charge in [-0.3, -0.25) is 13.9 Å². The fourth-order valence-corrected chi connectivity index (χ4v) is 4.35. The van der Waals surface area contributed by atoms with E-state index in [1.165, 1.54) is 23.1 Å². The lowest BCUT2D eigenvalue weighted by Crippen LogP contribution is -2.53. The van der Waals surface area contributed by atoms with Crippen LogP contribution < -0.4 is 9.62 Å². The van der Waals surface area contributed by atoms with E-state index >= 15 is 0 Å². The molecule has 0 aliphatic heterocycles. The van der Waals surface area contributed by atoms with Crippen molar-refractivity contribution < 1.29 is 22.4 Å². The Kier molecular flexibility index (Phi) is 9.61. The molecular weight excluding hydrogens is 457 g/mol. The van der Waals surface area contributed by atoms with E-state index in [0.717, 1.165) is 34.2 Å². The van der Waals surface area contributed by atoms with Crippen LogP contribution in [-0.2, 0) is 26.2 Å². The Balaban J connectivity index is 2.44. The molecule has 0 radical (unpaired) electrons. The van der Waals surface area contributed by atoms with Crippen molar-refractivity contribution in [3.8, 4) is 0 Å². The average Bonchev–Trinajstić information content (AvgIpc) is 2.78. The fourth-order valence-electron chi connectivity index (χ4n) is 3.50. The number of para-hydroxylation sites is 1. The predicted octanol–water partition coefficient (Wildman–Crippen LogP) is 3.62. The molecule has 0 fully saturated rings. The number of hydrogen-bond donors (Lipinski definition) is 1. The Bertz CT molecular complexity index is 1090. The van der Waals surface area contributed by atoms with Crippen LogP contribution in [0.2, 0.25) is 0 Å². The maximum atomic E-state index is 14.4. The number of amides is 2. The minimum Gasteiger partial charge on any atom is -0.352 e.